The van der Waals surface area contributed by atoms with Crippen molar-refractivity contribution in [1.82, 2.24) is 9.97 Å². The van der Waals surface area contributed by atoms with E-state index in [1.807, 2.05) is 30.3 Å². The van der Waals surface area contributed by atoms with Gasteiger partial charge in [0.05, 0.1) is 5.52 Å². The van der Waals surface area contributed by atoms with Crippen molar-refractivity contribution in [3.63, 3.8) is 0 Å². The molecule has 0 aliphatic carbocycles. The zero-order chi connectivity index (χ0) is 15.0. The number of anilines is 1. The second-order valence-corrected chi connectivity index (χ2v) is 5.03. The van der Waals surface area contributed by atoms with Crippen molar-refractivity contribution in [3.8, 4) is 11.1 Å². The molecule has 0 saturated heterocycles. The number of rotatable bonds is 2. The van der Waals surface area contributed by atoms with Gasteiger partial charge in [-0.3, -0.25) is 4.79 Å². The molecule has 0 saturated carbocycles. The first-order chi connectivity index (χ1) is 10.1. The van der Waals surface area contributed by atoms with E-state index in [9.17, 15) is 4.79 Å². The predicted octanol–water partition coefficient (Wildman–Crippen LogP) is 3.39. The van der Waals surface area contributed by atoms with E-state index in [0.717, 1.165) is 16.5 Å². The molecule has 0 aliphatic rings. The van der Waals surface area contributed by atoms with Gasteiger partial charge in [0, 0.05) is 12.3 Å². The van der Waals surface area contributed by atoms with E-state index in [4.69, 9.17) is 5.73 Å². The third-order valence-corrected chi connectivity index (χ3v) is 3.50. The minimum Gasteiger partial charge on any atom is -0.368 e. The van der Waals surface area contributed by atoms with Crippen LogP contribution in [0.25, 0.3) is 22.0 Å². The number of fused-ring (bicyclic) bond motifs is 1. The largest absolute Gasteiger partial charge is 0.368 e. The number of nitrogens with two attached hydrogens (primary N) is 1. The van der Waals surface area contributed by atoms with Crippen molar-refractivity contribution in [3.05, 3.63) is 53.7 Å². The Morgan fingerprint density at radius 2 is 1.86 bits per heavy atom. The maximum absolute atomic E-state index is 11.8. The number of nitrogens with zero attached hydrogens (tertiary/aromatic N) is 2. The molecule has 104 valence electrons. The Kier molecular flexibility index (Phi) is 3.14. The van der Waals surface area contributed by atoms with Gasteiger partial charge in [0.25, 0.3) is 0 Å². The fourth-order valence-corrected chi connectivity index (χ4v) is 2.48. The molecular weight excluding hydrogens is 262 g/mol. The molecule has 0 fully saturated rings. The molecule has 1 aromatic heterocycles. The maximum atomic E-state index is 11.8. The van der Waals surface area contributed by atoms with Crippen LogP contribution in [0.4, 0.5) is 5.95 Å². The Morgan fingerprint density at radius 1 is 1.10 bits per heavy atom. The zero-order valence-electron chi connectivity index (χ0n) is 11.9. The maximum Gasteiger partial charge on any atom is 0.221 e. The fourth-order valence-electron chi connectivity index (χ4n) is 2.48. The van der Waals surface area contributed by atoms with Crippen molar-refractivity contribution in [2.45, 2.75) is 13.8 Å². The lowest BCUT2D eigenvalue weighted by molar-refractivity contribution is 0.101. The number of carbonyl (C=O) groups is 1. The van der Waals surface area contributed by atoms with Crippen LogP contribution < -0.4 is 5.73 Å². The summed E-state index contributed by atoms with van der Waals surface area (Å²) in [7, 11) is 0. The SMILES string of the molecule is CC(=O)c1nc(N)nc2ccc(-c3ccccc3C)cc12. The van der Waals surface area contributed by atoms with Gasteiger partial charge >= 0.3 is 0 Å². The molecule has 1 heterocycles. The Hall–Kier alpha value is -2.75. The van der Waals surface area contributed by atoms with Gasteiger partial charge in [0.1, 0.15) is 5.69 Å². The standard InChI is InChI=1S/C17H15N3O/c1-10-5-3-4-6-13(10)12-7-8-15-14(9-12)16(11(2)21)20-17(18)19-15/h3-9H,1-2H3,(H2,18,19,20). The van der Waals surface area contributed by atoms with Crippen molar-refractivity contribution in [2.24, 2.45) is 0 Å². The summed E-state index contributed by atoms with van der Waals surface area (Å²) in [5.74, 6) is 0.00683. The molecule has 4 nitrogen and oxygen atoms in total. The monoisotopic (exact) mass is 277 g/mol. The van der Waals surface area contributed by atoms with Crippen molar-refractivity contribution < 1.29 is 4.79 Å². The number of nitrogen functional groups attached to an aromatic ring is 1. The number of hydrogen-bond acceptors (Lipinski definition) is 4. The Bertz CT molecular complexity index is 856. The van der Waals surface area contributed by atoms with Crippen molar-refractivity contribution in [2.75, 3.05) is 5.73 Å². The van der Waals surface area contributed by atoms with Crippen LogP contribution in [-0.4, -0.2) is 15.8 Å². The molecule has 3 aromatic rings. The molecule has 0 spiro atoms. The van der Waals surface area contributed by atoms with Crippen molar-refractivity contribution >= 4 is 22.6 Å². The molecule has 2 aromatic carbocycles. The highest BCUT2D eigenvalue weighted by Crippen LogP contribution is 2.27. The molecule has 0 aliphatic heterocycles. The summed E-state index contributed by atoms with van der Waals surface area (Å²) in [5.41, 5.74) is 10.1. The second-order valence-electron chi connectivity index (χ2n) is 5.03. The summed E-state index contributed by atoms with van der Waals surface area (Å²) in [5, 5.41) is 0.734. The van der Waals surface area contributed by atoms with Crippen molar-refractivity contribution in [1.29, 1.82) is 0 Å². The predicted molar refractivity (Wildman–Crippen MR) is 84.1 cm³/mol. The Labute approximate surface area is 122 Å². The molecule has 0 unspecified atom stereocenters. The number of aryl methyl sites for hydroxylation is 1. The summed E-state index contributed by atoms with van der Waals surface area (Å²) < 4.78 is 0. The summed E-state index contributed by atoms with van der Waals surface area (Å²) in [4.78, 5) is 20.0. The van der Waals surface area contributed by atoms with E-state index in [0.29, 0.717) is 11.2 Å². The molecule has 0 amide bonds. The minimum absolute atomic E-state index is 0.115. The molecule has 0 bridgehead atoms. The molecule has 2 N–H and O–H groups in total. The molecule has 3 rings (SSSR count). The van der Waals surface area contributed by atoms with Crippen LogP contribution in [0, 0.1) is 6.92 Å². The number of Topliss-reactive ketones (excluding diaryl/α,β-unsaturated/α-hetero) is 1. The highest BCUT2D eigenvalue weighted by molar-refractivity contribution is 6.05. The Balaban J connectivity index is 2.29. The van der Waals surface area contributed by atoms with Gasteiger partial charge in [-0.05, 0) is 35.7 Å². The van der Waals surface area contributed by atoms with E-state index in [1.165, 1.54) is 12.5 Å². The summed E-state index contributed by atoms with van der Waals surface area (Å²) in [6.45, 7) is 3.55. The molecular formula is C17H15N3O. The fraction of sp³-hybridized carbons (Fsp3) is 0.118. The minimum atomic E-state index is -0.115. The van der Waals surface area contributed by atoms with Gasteiger partial charge in [0.2, 0.25) is 5.95 Å². The third kappa shape index (κ3) is 2.36. The number of carbonyl (C=O) groups excluding carboxylic acids is 1. The molecule has 0 radical (unpaired) electrons. The highest BCUT2D eigenvalue weighted by Gasteiger charge is 2.12. The van der Waals surface area contributed by atoms with E-state index in [2.05, 4.69) is 29.0 Å². The lowest BCUT2D eigenvalue weighted by atomic mass is 9.98. The third-order valence-electron chi connectivity index (χ3n) is 3.50. The summed E-state index contributed by atoms with van der Waals surface area (Å²) in [6.07, 6.45) is 0. The Morgan fingerprint density at radius 3 is 2.57 bits per heavy atom. The van der Waals surface area contributed by atoms with Gasteiger partial charge in [-0.15, -0.1) is 0 Å². The van der Waals surface area contributed by atoms with E-state index >= 15 is 0 Å². The van der Waals surface area contributed by atoms with Crippen LogP contribution in [0.3, 0.4) is 0 Å². The van der Waals surface area contributed by atoms with Gasteiger partial charge in [-0.1, -0.05) is 30.3 Å². The van der Waals surface area contributed by atoms with Gasteiger partial charge in [-0.2, -0.15) is 0 Å². The second kappa shape index (κ2) is 4.98. The first-order valence-corrected chi connectivity index (χ1v) is 6.70. The average Bonchev–Trinajstić information content (AvgIpc) is 2.46. The van der Waals surface area contributed by atoms with Gasteiger partial charge in [-0.25, -0.2) is 9.97 Å². The molecule has 4 heteroatoms. The normalized spacial score (nSPS) is 10.8. The van der Waals surface area contributed by atoms with Gasteiger partial charge in [0.15, 0.2) is 5.78 Å². The number of aromatic nitrogens is 2. The van der Waals surface area contributed by atoms with Crippen LogP contribution in [0.15, 0.2) is 42.5 Å². The molecule has 21 heavy (non-hydrogen) atoms. The average molecular weight is 277 g/mol. The van der Waals surface area contributed by atoms with Crippen LogP contribution in [-0.2, 0) is 0 Å². The summed E-state index contributed by atoms with van der Waals surface area (Å²) in [6, 6.07) is 13.9. The number of benzene rings is 2. The quantitative estimate of drug-likeness (QED) is 0.729. The van der Waals surface area contributed by atoms with Crippen LogP contribution in [0.2, 0.25) is 0 Å². The van der Waals surface area contributed by atoms with Crippen LogP contribution in [0.5, 0.6) is 0 Å². The van der Waals surface area contributed by atoms with Crippen LogP contribution in [0.1, 0.15) is 23.0 Å². The molecule has 0 atom stereocenters. The smallest absolute Gasteiger partial charge is 0.221 e. The highest BCUT2D eigenvalue weighted by atomic mass is 16.1. The number of ketones is 1. The first-order valence-electron chi connectivity index (χ1n) is 6.70. The van der Waals surface area contributed by atoms with E-state index in [1.54, 1.807) is 0 Å². The lowest BCUT2D eigenvalue weighted by Crippen LogP contribution is -2.04. The van der Waals surface area contributed by atoms with E-state index in [-0.39, 0.29) is 11.7 Å². The van der Waals surface area contributed by atoms with E-state index < -0.39 is 0 Å². The zero-order valence-corrected chi connectivity index (χ0v) is 11.9. The first kappa shape index (κ1) is 13.2. The summed E-state index contributed by atoms with van der Waals surface area (Å²) >= 11 is 0. The van der Waals surface area contributed by atoms with Gasteiger partial charge < -0.3 is 5.73 Å². The lowest BCUT2D eigenvalue weighted by Gasteiger charge is -2.09. The van der Waals surface area contributed by atoms with Crippen LogP contribution >= 0.6 is 0 Å². The topological polar surface area (TPSA) is 68.9 Å². The number of hydrogen-bond donors (Lipinski definition) is 1.